The van der Waals surface area contributed by atoms with Crippen molar-refractivity contribution < 1.29 is 23.4 Å². The second kappa shape index (κ2) is 9.83. The van der Waals surface area contributed by atoms with Crippen molar-refractivity contribution in [1.29, 1.82) is 5.26 Å². The lowest BCUT2D eigenvalue weighted by molar-refractivity contribution is -0.0775. The summed E-state index contributed by atoms with van der Waals surface area (Å²) in [5.41, 5.74) is 4.20. The SMILES string of the molecule is C[C@@]1(O)CCCN(c2nc(OCC3(CN4CCOCC4)CC3)nc(N3CC4(C3)c3c(sc(N)c3C#N)CC4(F)F)n2)C1. The van der Waals surface area contributed by atoms with Crippen LogP contribution in [0, 0.1) is 16.7 Å². The van der Waals surface area contributed by atoms with E-state index in [-0.39, 0.29) is 41.0 Å². The number of nitrogen functional groups attached to an aromatic ring is 1. The van der Waals surface area contributed by atoms with Crippen molar-refractivity contribution in [2.45, 2.75) is 56.0 Å². The quantitative estimate of drug-likeness (QED) is 0.483. The molecule has 11 nitrogen and oxygen atoms in total. The first kappa shape index (κ1) is 27.9. The Kier molecular flexibility index (Phi) is 6.54. The van der Waals surface area contributed by atoms with Gasteiger partial charge >= 0.3 is 6.01 Å². The highest BCUT2D eigenvalue weighted by Crippen LogP contribution is 2.59. The molecule has 0 bridgehead atoms. The average molecular weight is 603 g/mol. The zero-order valence-corrected chi connectivity index (χ0v) is 24.6. The lowest BCUT2D eigenvalue weighted by Crippen LogP contribution is -2.67. The van der Waals surface area contributed by atoms with Gasteiger partial charge in [0.15, 0.2) is 0 Å². The van der Waals surface area contributed by atoms with Gasteiger partial charge in [-0.25, -0.2) is 8.78 Å². The Labute approximate surface area is 247 Å². The molecule has 2 aliphatic carbocycles. The largest absolute Gasteiger partial charge is 0.463 e. The maximum absolute atomic E-state index is 15.5. The number of rotatable bonds is 7. The summed E-state index contributed by atoms with van der Waals surface area (Å²) in [5.74, 6) is -2.39. The van der Waals surface area contributed by atoms with E-state index in [0.717, 1.165) is 63.4 Å². The second-order valence-electron chi connectivity index (χ2n) is 13.0. The molecule has 1 atom stereocenters. The smallest absolute Gasteiger partial charge is 0.323 e. The average Bonchev–Trinajstić information content (AvgIpc) is 3.55. The lowest BCUT2D eigenvalue weighted by atomic mass is 9.72. The number of hydrogen-bond acceptors (Lipinski definition) is 12. The summed E-state index contributed by atoms with van der Waals surface area (Å²) in [6.07, 6.45) is 3.14. The first-order chi connectivity index (χ1) is 20.0. The molecular formula is C28H36F2N8O3S. The molecule has 5 aliphatic rings. The van der Waals surface area contributed by atoms with E-state index >= 15 is 8.78 Å². The van der Waals surface area contributed by atoms with Crippen molar-refractivity contribution in [3.8, 4) is 12.1 Å². The molecule has 2 aromatic heterocycles. The number of aromatic nitrogens is 3. The highest BCUT2D eigenvalue weighted by Gasteiger charge is 2.68. The molecule has 3 aliphatic heterocycles. The summed E-state index contributed by atoms with van der Waals surface area (Å²) < 4.78 is 42.7. The van der Waals surface area contributed by atoms with Gasteiger partial charge in [-0.15, -0.1) is 11.3 Å². The maximum Gasteiger partial charge on any atom is 0.323 e. The Morgan fingerprint density at radius 1 is 1.07 bits per heavy atom. The van der Waals surface area contributed by atoms with E-state index in [4.69, 9.17) is 15.2 Å². The number of nitriles is 1. The molecule has 0 unspecified atom stereocenters. The van der Waals surface area contributed by atoms with Gasteiger partial charge in [0.2, 0.25) is 11.9 Å². The van der Waals surface area contributed by atoms with E-state index in [0.29, 0.717) is 42.5 Å². The molecule has 3 N–H and O–H groups in total. The van der Waals surface area contributed by atoms with Crippen molar-refractivity contribution in [3.05, 3.63) is 16.0 Å². The molecule has 1 saturated carbocycles. The fourth-order valence-corrected chi connectivity index (χ4v) is 8.15. The van der Waals surface area contributed by atoms with Crippen LogP contribution in [0.5, 0.6) is 6.01 Å². The van der Waals surface area contributed by atoms with Crippen LogP contribution in [0.15, 0.2) is 0 Å². The van der Waals surface area contributed by atoms with Crippen LogP contribution in [-0.4, -0.2) is 102 Å². The fraction of sp³-hybridized carbons (Fsp3) is 0.714. The summed E-state index contributed by atoms with van der Waals surface area (Å²) in [7, 11) is 0. The Bertz CT molecular complexity index is 1410. The maximum atomic E-state index is 15.5. The zero-order valence-electron chi connectivity index (χ0n) is 23.7. The standard InChI is InChI=1S/C28H36F2N8O3S/c1-25(39)3-2-6-37(13-25)22-33-23(35-24(34-22)41-17-26(4-5-26)14-36-7-9-40-10-8-36)38-15-27(16-38)20-18(12-31)21(32)42-19(20)11-28(27,29)30/h39H,2-11,13-17,32H2,1H3/t25-/m1/s1. The van der Waals surface area contributed by atoms with Crippen LogP contribution in [0.1, 0.15) is 48.6 Å². The molecule has 14 heteroatoms. The number of alkyl halides is 2. The highest BCUT2D eigenvalue weighted by molar-refractivity contribution is 7.16. The molecule has 0 amide bonds. The van der Waals surface area contributed by atoms with Crippen molar-refractivity contribution in [1.82, 2.24) is 19.9 Å². The number of thiophene rings is 1. The normalized spacial score (nSPS) is 27.4. The van der Waals surface area contributed by atoms with Crippen LogP contribution in [0.25, 0.3) is 0 Å². The van der Waals surface area contributed by atoms with E-state index in [2.05, 4.69) is 25.9 Å². The van der Waals surface area contributed by atoms with Gasteiger partial charge in [0.25, 0.3) is 5.92 Å². The summed E-state index contributed by atoms with van der Waals surface area (Å²) in [4.78, 5) is 20.4. The van der Waals surface area contributed by atoms with Crippen LogP contribution in [0.2, 0.25) is 0 Å². The van der Waals surface area contributed by atoms with Crippen LogP contribution >= 0.6 is 11.3 Å². The predicted molar refractivity (Wildman–Crippen MR) is 152 cm³/mol. The third kappa shape index (κ3) is 4.74. The van der Waals surface area contributed by atoms with Gasteiger partial charge in [-0.2, -0.15) is 20.2 Å². The number of morpholine rings is 1. The summed E-state index contributed by atoms with van der Waals surface area (Å²) in [6.45, 7) is 7.38. The molecule has 7 rings (SSSR count). The number of anilines is 3. The summed E-state index contributed by atoms with van der Waals surface area (Å²) >= 11 is 1.08. The minimum absolute atomic E-state index is 0.0365. The molecule has 4 fully saturated rings. The van der Waals surface area contributed by atoms with Crippen LogP contribution in [0.4, 0.5) is 25.7 Å². The van der Waals surface area contributed by atoms with E-state index in [1.807, 2.05) is 4.90 Å². The Balaban J connectivity index is 1.15. The number of ether oxygens (including phenoxy) is 2. The van der Waals surface area contributed by atoms with Gasteiger partial charge < -0.3 is 30.1 Å². The van der Waals surface area contributed by atoms with Crippen LogP contribution in [0.3, 0.4) is 0 Å². The van der Waals surface area contributed by atoms with E-state index in [1.54, 1.807) is 11.8 Å². The number of halogens is 2. The number of aliphatic hydroxyl groups is 1. The molecular weight excluding hydrogens is 566 g/mol. The molecule has 1 spiro atoms. The van der Waals surface area contributed by atoms with Crippen LogP contribution < -0.4 is 20.3 Å². The van der Waals surface area contributed by atoms with Gasteiger partial charge in [-0.05, 0) is 32.6 Å². The number of piperidine rings is 1. The number of β-amino-alcohol motifs (C(OH)–C–C–N with tert-alkyl or cyclic N) is 1. The van der Waals surface area contributed by atoms with Gasteiger partial charge in [0.05, 0.1) is 36.4 Å². The van der Waals surface area contributed by atoms with Gasteiger partial charge in [0, 0.05) is 68.1 Å². The molecule has 3 saturated heterocycles. The van der Waals surface area contributed by atoms with Crippen molar-refractivity contribution >= 4 is 28.2 Å². The predicted octanol–water partition coefficient (Wildman–Crippen LogP) is 2.18. The van der Waals surface area contributed by atoms with E-state index < -0.39 is 23.4 Å². The summed E-state index contributed by atoms with van der Waals surface area (Å²) in [6, 6.07) is 2.22. The molecule has 0 aromatic carbocycles. The first-order valence-electron chi connectivity index (χ1n) is 14.6. The summed E-state index contributed by atoms with van der Waals surface area (Å²) in [5, 5.41) is 20.7. The molecule has 42 heavy (non-hydrogen) atoms. The molecule has 226 valence electrons. The van der Waals surface area contributed by atoms with Gasteiger partial charge in [0.1, 0.15) is 11.1 Å². The van der Waals surface area contributed by atoms with Gasteiger partial charge in [-0.3, -0.25) is 4.90 Å². The van der Waals surface area contributed by atoms with Crippen molar-refractivity contribution in [2.24, 2.45) is 5.41 Å². The fourth-order valence-electron chi connectivity index (χ4n) is 6.98. The Morgan fingerprint density at radius 3 is 2.45 bits per heavy atom. The van der Waals surface area contributed by atoms with Crippen LogP contribution in [-0.2, 0) is 16.6 Å². The Hall–Kier alpha value is -2.86. The minimum Gasteiger partial charge on any atom is -0.463 e. The number of nitrogens with two attached hydrogens (primary N) is 1. The number of fused-ring (bicyclic) bond motifs is 2. The molecule has 5 heterocycles. The van der Waals surface area contributed by atoms with Crippen molar-refractivity contribution in [2.75, 3.05) is 81.2 Å². The topological polar surface area (TPSA) is 137 Å². The first-order valence-corrected chi connectivity index (χ1v) is 15.4. The number of nitrogens with zero attached hydrogens (tertiary/aromatic N) is 7. The molecule has 2 aromatic rings. The monoisotopic (exact) mass is 602 g/mol. The lowest BCUT2D eigenvalue weighted by Gasteiger charge is -2.51. The van der Waals surface area contributed by atoms with Gasteiger partial charge in [-0.1, -0.05) is 0 Å². The minimum atomic E-state index is -3.01. The van der Waals surface area contributed by atoms with E-state index in [9.17, 15) is 10.4 Å². The number of hydrogen-bond donors (Lipinski definition) is 2. The van der Waals surface area contributed by atoms with E-state index in [1.165, 1.54) is 0 Å². The second-order valence-corrected chi connectivity index (χ2v) is 14.1. The third-order valence-electron chi connectivity index (χ3n) is 9.56. The molecule has 0 radical (unpaired) electrons. The van der Waals surface area contributed by atoms with Crippen molar-refractivity contribution in [3.63, 3.8) is 0 Å². The third-order valence-corrected chi connectivity index (χ3v) is 10.6. The zero-order chi connectivity index (χ0) is 29.3. The Morgan fingerprint density at radius 2 is 1.79 bits per heavy atom. The highest BCUT2D eigenvalue weighted by atomic mass is 32.1.